The molecule has 1 aliphatic rings. The van der Waals surface area contributed by atoms with Crippen LogP contribution in [0.2, 0.25) is 0 Å². The van der Waals surface area contributed by atoms with Crippen LogP contribution in [-0.2, 0) is 4.79 Å². The molecule has 1 rings (SSSR count). The van der Waals surface area contributed by atoms with Crippen molar-refractivity contribution in [3.63, 3.8) is 0 Å². The van der Waals surface area contributed by atoms with Gasteiger partial charge >= 0.3 is 5.97 Å². The van der Waals surface area contributed by atoms with Gasteiger partial charge in [0.1, 0.15) is 0 Å². The zero-order valence-corrected chi connectivity index (χ0v) is 12.2. The molecule has 106 valence electrons. The molecule has 1 saturated carbocycles. The van der Waals surface area contributed by atoms with Crippen LogP contribution in [-0.4, -0.2) is 21.8 Å². The van der Waals surface area contributed by atoms with Gasteiger partial charge in [-0.25, -0.2) is 0 Å². The smallest absolute Gasteiger partial charge is 0.309 e. The maximum absolute atomic E-state index is 11.5. The summed E-state index contributed by atoms with van der Waals surface area (Å²) in [5.74, 6) is -1.39. The van der Waals surface area contributed by atoms with Gasteiger partial charge in [0.25, 0.3) is 0 Å². The molecule has 0 radical (unpaired) electrons. The average molecular weight is 256 g/mol. The van der Waals surface area contributed by atoms with E-state index in [2.05, 4.69) is 20.8 Å². The van der Waals surface area contributed by atoms with Crippen LogP contribution in [0.25, 0.3) is 0 Å². The molecule has 0 amide bonds. The van der Waals surface area contributed by atoms with Gasteiger partial charge in [0.2, 0.25) is 0 Å². The Labute approximate surface area is 111 Å². The van der Waals surface area contributed by atoms with Gasteiger partial charge in [0.05, 0.1) is 11.5 Å². The van der Waals surface area contributed by atoms with Gasteiger partial charge in [-0.05, 0) is 37.0 Å². The first kappa shape index (κ1) is 15.5. The predicted octanol–water partition coefficient (Wildman–Crippen LogP) is 3.45. The number of hydrogen-bond acceptors (Lipinski definition) is 2. The minimum atomic E-state index is -1.02. The van der Waals surface area contributed by atoms with Gasteiger partial charge in [0.15, 0.2) is 0 Å². The fourth-order valence-electron chi connectivity index (χ4n) is 3.41. The number of unbranched alkanes of at least 4 members (excludes halogenated alkanes) is 1. The molecule has 0 aliphatic heterocycles. The molecule has 0 aromatic rings. The monoisotopic (exact) mass is 256 g/mol. The van der Waals surface area contributed by atoms with E-state index < -0.39 is 17.5 Å². The molecule has 18 heavy (non-hydrogen) atoms. The van der Waals surface area contributed by atoms with Crippen LogP contribution in [0.1, 0.15) is 66.2 Å². The highest BCUT2D eigenvalue weighted by Crippen LogP contribution is 2.48. The summed E-state index contributed by atoms with van der Waals surface area (Å²) >= 11 is 0. The highest BCUT2D eigenvalue weighted by Gasteiger charge is 2.49. The maximum atomic E-state index is 11.5. The molecule has 2 N–H and O–H groups in total. The van der Waals surface area contributed by atoms with Gasteiger partial charge < -0.3 is 10.2 Å². The van der Waals surface area contributed by atoms with Crippen molar-refractivity contribution in [2.24, 2.45) is 17.3 Å². The van der Waals surface area contributed by atoms with E-state index in [4.69, 9.17) is 0 Å². The SMILES string of the molecule is CCCCC(C(=O)O)C1(O)CCC(C)(C)CC1C. The van der Waals surface area contributed by atoms with Crippen molar-refractivity contribution < 1.29 is 15.0 Å². The minimum Gasteiger partial charge on any atom is -0.481 e. The van der Waals surface area contributed by atoms with Gasteiger partial charge in [-0.3, -0.25) is 4.79 Å². The Bertz CT molecular complexity index is 298. The van der Waals surface area contributed by atoms with Crippen LogP contribution in [0.4, 0.5) is 0 Å². The predicted molar refractivity (Wildman–Crippen MR) is 72.4 cm³/mol. The van der Waals surface area contributed by atoms with E-state index in [1.807, 2.05) is 6.92 Å². The summed E-state index contributed by atoms with van der Waals surface area (Å²) in [5.41, 5.74) is -0.796. The Balaban J connectivity index is 2.85. The average Bonchev–Trinajstić information content (AvgIpc) is 2.24. The summed E-state index contributed by atoms with van der Waals surface area (Å²) in [7, 11) is 0. The number of hydrogen-bond donors (Lipinski definition) is 2. The Morgan fingerprint density at radius 2 is 2.00 bits per heavy atom. The fourth-order valence-corrected chi connectivity index (χ4v) is 3.41. The lowest BCUT2D eigenvalue weighted by atomic mass is 9.61. The van der Waals surface area contributed by atoms with Crippen LogP contribution in [0.15, 0.2) is 0 Å². The molecule has 0 aromatic heterocycles. The molecule has 1 aliphatic carbocycles. The zero-order valence-electron chi connectivity index (χ0n) is 12.2. The van der Waals surface area contributed by atoms with Crippen LogP contribution in [0, 0.1) is 17.3 Å². The summed E-state index contributed by atoms with van der Waals surface area (Å²) in [6.45, 7) is 8.45. The van der Waals surface area contributed by atoms with Crippen molar-refractivity contribution in [2.45, 2.75) is 71.8 Å². The van der Waals surface area contributed by atoms with Crippen molar-refractivity contribution in [2.75, 3.05) is 0 Å². The van der Waals surface area contributed by atoms with Crippen molar-refractivity contribution in [1.29, 1.82) is 0 Å². The van der Waals surface area contributed by atoms with Crippen LogP contribution >= 0.6 is 0 Å². The van der Waals surface area contributed by atoms with Crippen molar-refractivity contribution in [3.05, 3.63) is 0 Å². The molecular weight excluding hydrogens is 228 g/mol. The Kier molecular flexibility index (Phi) is 4.82. The normalized spacial score (nSPS) is 33.1. The summed E-state index contributed by atoms with van der Waals surface area (Å²) in [5, 5.41) is 20.3. The van der Waals surface area contributed by atoms with Crippen LogP contribution in [0.5, 0.6) is 0 Å². The molecule has 0 aromatic carbocycles. The number of aliphatic hydroxyl groups is 1. The maximum Gasteiger partial charge on any atom is 0.309 e. The number of carboxylic acids is 1. The van der Waals surface area contributed by atoms with Crippen LogP contribution in [0.3, 0.4) is 0 Å². The van der Waals surface area contributed by atoms with E-state index in [0.29, 0.717) is 12.8 Å². The third-order valence-electron chi connectivity index (χ3n) is 4.66. The molecule has 0 bridgehead atoms. The standard InChI is InChI=1S/C15H28O3/c1-5-6-7-12(13(16)17)15(18)9-8-14(3,4)10-11(15)2/h11-12,18H,5-10H2,1-4H3,(H,16,17). The Morgan fingerprint density at radius 1 is 1.39 bits per heavy atom. The third-order valence-corrected chi connectivity index (χ3v) is 4.66. The highest BCUT2D eigenvalue weighted by molar-refractivity contribution is 5.71. The van der Waals surface area contributed by atoms with Gasteiger partial charge in [-0.1, -0.05) is 40.5 Å². The number of carbonyl (C=O) groups is 1. The molecule has 1 fully saturated rings. The first-order chi connectivity index (χ1) is 8.23. The van der Waals surface area contributed by atoms with E-state index in [0.717, 1.165) is 25.7 Å². The fraction of sp³-hybridized carbons (Fsp3) is 0.933. The topological polar surface area (TPSA) is 57.5 Å². The summed E-state index contributed by atoms with van der Waals surface area (Å²) in [4.78, 5) is 11.5. The molecule has 0 heterocycles. The number of carboxylic acid groups (broad SMARTS) is 1. The highest BCUT2D eigenvalue weighted by atomic mass is 16.4. The molecule has 3 atom stereocenters. The van der Waals surface area contributed by atoms with E-state index in [1.165, 1.54) is 0 Å². The lowest BCUT2D eigenvalue weighted by Crippen LogP contribution is -2.52. The van der Waals surface area contributed by atoms with E-state index in [1.54, 1.807) is 0 Å². The second kappa shape index (κ2) is 5.60. The molecule has 3 nitrogen and oxygen atoms in total. The number of aliphatic carboxylic acids is 1. The van der Waals surface area contributed by atoms with Crippen molar-refractivity contribution in [3.8, 4) is 0 Å². The first-order valence-electron chi connectivity index (χ1n) is 7.18. The lowest BCUT2D eigenvalue weighted by Gasteiger charge is -2.48. The molecule has 0 spiro atoms. The quantitative estimate of drug-likeness (QED) is 0.792. The Morgan fingerprint density at radius 3 is 2.44 bits per heavy atom. The number of rotatable bonds is 5. The van der Waals surface area contributed by atoms with E-state index in [-0.39, 0.29) is 11.3 Å². The van der Waals surface area contributed by atoms with Gasteiger partial charge in [-0.15, -0.1) is 0 Å². The third kappa shape index (κ3) is 3.25. The van der Waals surface area contributed by atoms with Gasteiger partial charge in [0, 0.05) is 0 Å². The molecule has 0 saturated heterocycles. The first-order valence-corrected chi connectivity index (χ1v) is 7.18. The van der Waals surface area contributed by atoms with Crippen molar-refractivity contribution >= 4 is 5.97 Å². The lowest BCUT2D eigenvalue weighted by molar-refractivity contribution is -0.166. The second-order valence-electron chi connectivity index (χ2n) is 6.79. The molecule has 3 heteroatoms. The zero-order chi connectivity index (χ0) is 14.0. The summed E-state index contributed by atoms with van der Waals surface area (Å²) in [6.07, 6.45) is 4.85. The van der Waals surface area contributed by atoms with E-state index >= 15 is 0 Å². The molecule has 3 unspecified atom stereocenters. The summed E-state index contributed by atoms with van der Waals surface area (Å²) < 4.78 is 0. The second-order valence-corrected chi connectivity index (χ2v) is 6.79. The Hall–Kier alpha value is -0.570. The van der Waals surface area contributed by atoms with Gasteiger partial charge in [-0.2, -0.15) is 0 Å². The van der Waals surface area contributed by atoms with E-state index in [9.17, 15) is 15.0 Å². The minimum absolute atomic E-state index is 0.0548. The molecular formula is C15H28O3. The van der Waals surface area contributed by atoms with Crippen LogP contribution < -0.4 is 0 Å². The largest absolute Gasteiger partial charge is 0.481 e. The van der Waals surface area contributed by atoms with Crippen molar-refractivity contribution in [1.82, 2.24) is 0 Å². The summed E-state index contributed by atoms with van der Waals surface area (Å²) in [6, 6.07) is 0.